The highest BCUT2D eigenvalue weighted by molar-refractivity contribution is 5.96. The van der Waals surface area contributed by atoms with Gasteiger partial charge in [0.15, 0.2) is 11.5 Å². The largest absolute Gasteiger partial charge is 0.454 e. The van der Waals surface area contributed by atoms with Crippen LogP contribution in [-0.2, 0) is 0 Å². The van der Waals surface area contributed by atoms with Crippen molar-refractivity contribution < 1.29 is 23.8 Å². The van der Waals surface area contributed by atoms with Crippen LogP contribution < -0.4 is 15.1 Å². The van der Waals surface area contributed by atoms with E-state index in [1.54, 1.807) is 18.7 Å². The van der Waals surface area contributed by atoms with Crippen LogP contribution in [0, 0.1) is 13.8 Å². The van der Waals surface area contributed by atoms with Crippen molar-refractivity contribution in [2.45, 2.75) is 32.3 Å². The molecule has 0 spiro atoms. The summed E-state index contributed by atoms with van der Waals surface area (Å²) in [6.45, 7) is 4.26. The molecule has 7 heteroatoms. The molecule has 1 saturated heterocycles. The molecule has 1 aromatic carbocycles. The average molecular weight is 371 g/mol. The van der Waals surface area contributed by atoms with Crippen molar-refractivity contribution in [3.63, 3.8) is 0 Å². The fraction of sp³-hybridized carbons (Fsp3) is 0.400. The third kappa shape index (κ3) is 3.19. The van der Waals surface area contributed by atoms with Gasteiger partial charge in [0.05, 0.1) is 11.7 Å². The Morgan fingerprint density at radius 3 is 2.70 bits per heavy atom. The maximum Gasteiger partial charge on any atom is 0.336 e. The first-order valence-corrected chi connectivity index (χ1v) is 8.92. The van der Waals surface area contributed by atoms with Crippen molar-refractivity contribution in [2.75, 3.05) is 19.9 Å². The number of likely N-dealkylation sites (tertiary alicyclic amines) is 1. The van der Waals surface area contributed by atoms with E-state index in [0.717, 1.165) is 5.56 Å². The fourth-order valence-electron chi connectivity index (χ4n) is 3.88. The summed E-state index contributed by atoms with van der Waals surface area (Å²) < 4.78 is 15.8. The molecule has 2 aliphatic heterocycles. The number of aryl methyl sites for hydroxylation is 2. The molecule has 1 N–H and O–H groups in total. The van der Waals surface area contributed by atoms with E-state index in [1.165, 1.54) is 6.07 Å². The lowest BCUT2D eigenvalue weighted by Crippen LogP contribution is -2.46. The van der Waals surface area contributed by atoms with Gasteiger partial charge in [-0.1, -0.05) is 6.07 Å². The zero-order valence-electron chi connectivity index (χ0n) is 15.2. The zero-order chi connectivity index (χ0) is 19.1. The van der Waals surface area contributed by atoms with E-state index in [-0.39, 0.29) is 25.2 Å². The maximum atomic E-state index is 12.9. The third-order valence-corrected chi connectivity index (χ3v) is 5.24. The van der Waals surface area contributed by atoms with Crippen LogP contribution in [0.5, 0.6) is 11.5 Å². The van der Waals surface area contributed by atoms with Crippen molar-refractivity contribution in [3.05, 3.63) is 57.1 Å². The highest BCUT2D eigenvalue weighted by Gasteiger charge is 2.33. The van der Waals surface area contributed by atoms with Gasteiger partial charge in [0.25, 0.3) is 5.91 Å². The number of aliphatic hydroxyl groups is 1. The Balaban J connectivity index is 1.52. The molecule has 0 bridgehead atoms. The quantitative estimate of drug-likeness (QED) is 0.868. The van der Waals surface area contributed by atoms with E-state index < -0.39 is 11.7 Å². The Labute approximate surface area is 156 Å². The topological polar surface area (TPSA) is 89.2 Å². The first-order chi connectivity index (χ1) is 12.9. The van der Waals surface area contributed by atoms with Crippen molar-refractivity contribution in [1.29, 1.82) is 0 Å². The molecule has 0 unspecified atom stereocenters. The minimum absolute atomic E-state index is 0.0838. The van der Waals surface area contributed by atoms with Crippen molar-refractivity contribution >= 4 is 5.91 Å². The SMILES string of the molecule is Cc1cc(=O)oc(C)c1C(=O)N1CC[C@@H](c2ccc3c(c2)OCO3)[C@H](O)C1. The summed E-state index contributed by atoms with van der Waals surface area (Å²) in [7, 11) is 0. The van der Waals surface area contributed by atoms with E-state index in [4.69, 9.17) is 13.9 Å². The number of rotatable bonds is 2. The van der Waals surface area contributed by atoms with Gasteiger partial charge < -0.3 is 23.9 Å². The van der Waals surface area contributed by atoms with Crippen molar-refractivity contribution in [1.82, 2.24) is 4.90 Å². The summed E-state index contributed by atoms with van der Waals surface area (Å²) in [6.07, 6.45) is -0.0686. The Bertz CT molecular complexity index is 924. The summed E-state index contributed by atoms with van der Waals surface area (Å²) in [6, 6.07) is 6.99. The number of piperidine rings is 1. The highest BCUT2D eigenvalue weighted by atomic mass is 16.7. The summed E-state index contributed by atoms with van der Waals surface area (Å²) in [4.78, 5) is 26.0. The lowest BCUT2D eigenvalue weighted by molar-refractivity contribution is 0.0378. The van der Waals surface area contributed by atoms with Gasteiger partial charge in [-0.25, -0.2) is 4.79 Å². The normalized spacial score (nSPS) is 21.4. The van der Waals surface area contributed by atoms with Crippen molar-refractivity contribution in [2.24, 2.45) is 0 Å². The average Bonchev–Trinajstić information content (AvgIpc) is 3.08. The first kappa shape index (κ1) is 17.6. The number of ether oxygens (including phenoxy) is 2. The molecule has 2 atom stereocenters. The Morgan fingerprint density at radius 2 is 1.96 bits per heavy atom. The second-order valence-corrected chi connectivity index (χ2v) is 7.01. The lowest BCUT2D eigenvalue weighted by atomic mass is 9.86. The number of hydrogen-bond donors (Lipinski definition) is 1. The van der Waals surface area contributed by atoms with Crippen LogP contribution in [0.25, 0.3) is 0 Å². The summed E-state index contributed by atoms with van der Waals surface area (Å²) in [5.74, 6) is 1.38. The predicted octanol–water partition coefficient (Wildman–Crippen LogP) is 1.98. The van der Waals surface area contributed by atoms with Gasteiger partial charge in [0.2, 0.25) is 6.79 Å². The van der Waals surface area contributed by atoms with Gasteiger partial charge in [-0.05, 0) is 43.5 Å². The van der Waals surface area contributed by atoms with Gasteiger partial charge in [-0.3, -0.25) is 4.79 Å². The Morgan fingerprint density at radius 1 is 1.19 bits per heavy atom. The smallest absolute Gasteiger partial charge is 0.336 e. The Hall–Kier alpha value is -2.80. The molecule has 142 valence electrons. The highest BCUT2D eigenvalue weighted by Crippen LogP contribution is 2.37. The van der Waals surface area contributed by atoms with E-state index in [9.17, 15) is 14.7 Å². The predicted molar refractivity (Wildman–Crippen MR) is 96.3 cm³/mol. The lowest BCUT2D eigenvalue weighted by Gasteiger charge is -2.36. The number of benzene rings is 1. The summed E-state index contributed by atoms with van der Waals surface area (Å²) in [5.41, 5.74) is 1.48. The van der Waals surface area contributed by atoms with E-state index in [0.29, 0.717) is 41.4 Å². The molecule has 2 aromatic rings. The van der Waals surface area contributed by atoms with E-state index in [1.807, 2.05) is 18.2 Å². The molecule has 1 aromatic heterocycles. The number of nitrogens with zero attached hydrogens (tertiary/aromatic N) is 1. The van der Waals surface area contributed by atoms with Crippen LogP contribution in [0.3, 0.4) is 0 Å². The Kier molecular flexibility index (Phi) is 4.39. The summed E-state index contributed by atoms with van der Waals surface area (Å²) in [5, 5.41) is 10.7. The molecule has 4 rings (SSSR count). The minimum Gasteiger partial charge on any atom is -0.454 e. The van der Waals surface area contributed by atoms with Gasteiger partial charge in [0.1, 0.15) is 5.76 Å². The second-order valence-electron chi connectivity index (χ2n) is 7.01. The maximum absolute atomic E-state index is 12.9. The number of aliphatic hydroxyl groups excluding tert-OH is 1. The number of carbonyl (C=O) groups is 1. The van der Waals surface area contributed by atoms with E-state index >= 15 is 0 Å². The first-order valence-electron chi connectivity index (χ1n) is 8.92. The number of fused-ring (bicyclic) bond motifs is 1. The van der Waals surface area contributed by atoms with E-state index in [2.05, 4.69) is 0 Å². The minimum atomic E-state index is -0.695. The van der Waals surface area contributed by atoms with Crippen LogP contribution in [0.15, 0.2) is 33.5 Å². The molecule has 0 saturated carbocycles. The number of carbonyl (C=O) groups excluding carboxylic acids is 1. The zero-order valence-corrected chi connectivity index (χ0v) is 15.2. The van der Waals surface area contributed by atoms with Gasteiger partial charge >= 0.3 is 5.63 Å². The fourth-order valence-corrected chi connectivity index (χ4v) is 3.88. The molecule has 0 radical (unpaired) electrons. The molecular weight excluding hydrogens is 350 g/mol. The number of hydrogen-bond acceptors (Lipinski definition) is 6. The molecular formula is C20H21NO6. The number of amides is 1. The van der Waals surface area contributed by atoms with Crippen LogP contribution in [0.4, 0.5) is 0 Å². The second kappa shape index (κ2) is 6.74. The molecule has 7 nitrogen and oxygen atoms in total. The molecule has 1 fully saturated rings. The standard InChI is InChI=1S/C20H21NO6/c1-11-7-18(23)27-12(2)19(11)20(24)21-6-5-14(15(22)9-21)13-3-4-16-17(8-13)26-10-25-16/h3-4,7-8,14-15,22H,5-6,9-10H2,1-2H3/t14-,15+/m0/s1. The van der Waals surface area contributed by atoms with Crippen molar-refractivity contribution in [3.8, 4) is 11.5 Å². The number of β-amino-alcohol motifs (C(OH)–C–C–N with tert-alkyl or cyclic N) is 1. The van der Waals surface area contributed by atoms with Gasteiger partial charge in [-0.15, -0.1) is 0 Å². The van der Waals surface area contributed by atoms with Crippen LogP contribution in [0.1, 0.15) is 39.6 Å². The third-order valence-electron chi connectivity index (χ3n) is 5.24. The van der Waals surface area contributed by atoms with Gasteiger partial charge in [-0.2, -0.15) is 0 Å². The van der Waals surface area contributed by atoms with Gasteiger partial charge in [0, 0.05) is 25.1 Å². The summed E-state index contributed by atoms with van der Waals surface area (Å²) >= 11 is 0. The molecule has 3 heterocycles. The van der Waals surface area contributed by atoms with Crippen LogP contribution >= 0.6 is 0 Å². The van der Waals surface area contributed by atoms with Crippen LogP contribution in [0.2, 0.25) is 0 Å². The molecule has 0 aliphatic carbocycles. The molecule has 2 aliphatic rings. The van der Waals surface area contributed by atoms with Crippen LogP contribution in [-0.4, -0.2) is 41.9 Å². The molecule has 1 amide bonds. The molecule has 27 heavy (non-hydrogen) atoms. The monoisotopic (exact) mass is 371 g/mol.